The fourth-order valence-electron chi connectivity index (χ4n) is 1.03. The number of hydrogen-bond acceptors (Lipinski definition) is 2. The van der Waals surface area contributed by atoms with Crippen LogP contribution >= 0.6 is 0 Å². The molecule has 64 valence electrons. The van der Waals surface area contributed by atoms with Gasteiger partial charge in [-0.1, -0.05) is 24.3 Å². The molecule has 0 amide bonds. The number of carboxylic acids is 2. The van der Waals surface area contributed by atoms with Crippen molar-refractivity contribution in [2.75, 3.05) is 0 Å². The molecule has 0 saturated carbocycles. The van der Waals surface area contributed by atoms with Crippen LogP contribution in [0.1, 0.15) is 6.42 Å². The Morgan fingerprint density at radius 1 is 1.17 bits per heavy atom. The maximum Gasteiger partial charge on any atom is 0.325 e. The van der Waals surface area contributed by atoms with Gasteiger partial charge < -0.3 is 10.2 Å². The third-order valence-electron chi connectivity index (χ3n) is 1.83. The summed E-state index contributed by atoms with van der Waals surface area (Å²) in [7, 11) is 0. The zero-order chi connectivity index (χ0) is 9.19. The first-order valence-electron chi connectivity index (χ1n) is 3.41. The molecule has 0 saturated heterocycles. The first-order valence-corrected chi connectivity index (χ1v) is 3.41. The number of hydrogen-bond donors (Lipinski definition) is 2. The number of rotatable bonds is 2. The molecule has 4 heteroatoms. The molecule has 4 nitrogen and oxygen atoms in total. The summed E-state index contributed by atoms with van der Waals surface area (Å²) in [6, 6.07) is 0. The Bertz CT molecular complexity index is 261. The first kappa shape index (κ1) is 8.52. The highest BCUT2D eigenvalue weighted by Gasteiger charge is 2.43. The summed E-state index contributed by atoms with van der Waals surface area (Å²) in [5, 5.41) is 17.4. The predicted octanol–water partition coefficient (Wildman–Crippen LogP) is 0.658. The second-order valence-corrected chi connectivity index (χ2v) is 2.57. The van der Waals surface area contributed by atoms with Gasteiger partial charge in [-0.3, -0.25) is 9.59 Å². The van der Waals surface area contributed by atoms with Gasteiger partial charge in [0.05, 0.1) is 0 Å². The number of carboxylic acid groups (broad SMARTS) is 2. The summed E-state index contributed by atoms with van der Waals surface area (Å²) >= 11 is 0. The lowest BCUT2D eigenvalue weighted by Crippen LogP contribution is -2.37. The van der Waals surface area contributed by atoms with E-state index in [1.165, 1.54) is 18.2 Å². The molecule has 0 unspecified atom stereocenters. The molecule has 2 N–H and O–H groups in total. The van der Waals surface area contributed by atoms with E-state index in [2.05, 4.69) is 0 Å². The van der Waals surface area contributed by atoms with Crippen molar-refractivity contribution in [3.05, 3.63) is 24.3 Å². The molecular weight excluding hydrogens is 160 g/mol. The van der Waals surface area contributed by atoms with Gasteiger partial charge in [0, 0.05) is 0 Å². The van der Waals surface area contributed by atoms with Crippen LogP contribution in [0, 0.1) is 5.41 Å². The van der Waals surface area contributed by atoms with Crippen LogP contribution in [-0.4, -0.2) is 22.2 Å². The van der Waals surface area contributed by atoms with Crippen LogP contribution in [0.15, 0.2) is 24.3 Å². The van der Waals surface area contributed by atoms with Gasteiger partial charge in [-0.05, 0) is 6.42 Å². The van der Waals surface area contributed by atoms with Crippen molar-refractivity contribution < 1.29 is 19.8 Å². The molecule has 0 aliphatic heterocycles. The Kier molecular flexibility index (Phi) is 1.99. The largest absolute Gasteiger partial charge is 0.480 e. The lowest BCUT2D eigenvalue weighted by atomic mass is 9.82. The second-order valence-electron chi connectivity index (χ2n) is 2.57. The van der Waals surface area contributed by atoms with Gasteiger partial charge in [0.15, 0.2) is 5.41 Å². The average Bonchev–Trinajstić information content (AvgIpc) is 2.05. The van der Waals surface area contributed by atoms with Gasteiger partial charge in [-0.15, -0.1) is 0 Å². The fourth-order valence-corrected chi connectivity index (χ4v) is 1.03. The molecule has 0 radical (unpaired) electrons. The minimum atomic E-state index is -1.76. The van der Waals surface area contributed by atoms with E-state index in [1.54, 1.807) is 6.08 Å². The van der Waals surface area contributed by atoms with E-state index in [4.69, 9.17) is 10.2 Å². The van der Waals surface area contributed by atoms with E-state index in [0.717, 1.165) is 0 Å². The Hall–Kier alpha value is -1.58. The molecule has 0 spiro atoms. The molecule has 0 bridgehead atoms. The van der Waals surface area contributed by atoms with E-state index < -0.39 is 17.4 Å². The zero-order valence-electron chi connectivity index (χ0n) is 6.23. The lowest BCUT2D eigenvalue weighted by Gasteiger charge is -2.20. The summed E-state index contributed by atoms with van der Waals surface area (Å²) in [5.74, 6) is -2.65. The quantitative estimate of drug-likeness (QED) is 0.594. The van der Waals surface area contributed by atoms with Crippen molar-refractivity contribution in [2.24, 2.45) is 5.41 Å². The van der Waals surface area contributed by atoms with E-state index in [0.29, 0.717) is 0 Å². The first-order chi connectivity index (χ1) is 5.59. The van der Waals surface area contributed by atoms with Crippen molar-refractivity contribution in [1.29, 1.82) is 0 Å². The molecule has 0 fully saturated rings. The van der Waals surface area contributed by atoms with Crippen molar-refractivity contribution in [1.82, 2.24) is 0 Å². The molecule has 12 heavy (non-hydrogen) atoms. The third-order valence-corrected chi connectivity index (χ3v) is 1.83. The van der Waals surface area contributed by atoms with E-state index in [9.17, 15) is 9.59 Å². The molecule has 1 rings (SSSR count). The summed E-state index contributed by atoms with van der Waals surface area (Å²) < 4.78 is 0. The maximum absolute atomic E-state index is 10.7. The van der Waals surface area contributed by atoms with Crippen LogP contribution < -0.4 is 0 Å². The Labute approximate surface area is 68.8 Å². The highest BCUT2D eigenvalue weighted by Crippen LogP contribution is 2.28. The minimum absolute atomic E-state index is 0.00810. The highest BCUT2D eigenvalue weighted by molar-refractivity contribution is 6.01. The van der Waals surface area contributed by atoms with E-state index in [1.807, 2.05) is 0 Å². The Morgan fingerprint density at radius 2 is 1.75 bits per heavy atom. The molecule has 1 aliphatic carbocycles. The smallest absolute Gasteiger partial charge is 0.325 e. The maximum atomic E-state index is 10.7. The average molecular weight is 168 g/mol. The highest BCUT2D eigenvalue weighted by atomic mass is 16.4. The van der Waals surface area contributed by atoms with Crippen LogP contribution in [0.4, 0.5) is 0 Å². The normalized spacial score (nSPS) is 19.0. The zero-order valence-corrected chi connectivity index (χ0v) is 6.23. The van der Waals surface area contributed by atoms with Crippen molar-refractivity contribution in [2.45, 2.75) is 6.42 Å². The summed E-state index contributed by atoms with van der Waals surface area (Å²) in [5.41, 5.74) is -1.76. The van der Waals surface area contributed by atoms with Crippen LogP contribution in [0.2, 0.25) is 0 Å². The SMILES string of the molecule is O=C(O)C1(C(=O)O)C=CC=CC1. The molecule has 0 heterocycles. The monoisotopic (exact) mass is 168 g/mol. The van der Waals surface area contributed by atoms with Gasteiger partial charge in [0.1, 0.15) is 0 Å². The van der Waals surface area contributed by atoms with Gasteiger partial charge in [-0.2, -0.15) is 0 Å². The molecule has 0 aromatic rings. The number of aliphatic carboxylic acids is 2. The predicted molar refractivity (Wildman–Crippen MR) is 40.6 cm³/mol. The minimum Gasteiger partial charge on any atom is -0.480 e. The summed E-state index contributed by atoms with van der Waals surface area (Å²) in [6.07, 6.45) is 5.80. The van der Waals surface area contributed by atoms with E-state index >= 15 is 0 Å². The van der Waals surface area contributed by atoms with Crippen LogP contribution in [0.3, 0.4) is 0 Å². The molecule has 1 aliphatic rings. The standard InChI is InChI=1S/C8H8O4/c9-6(10)8(7(11)12)4-2-1-3-5-8/h1-4H,5H2,(H,9,10)(H,11,12). The summed E-state index contributed by atoms with van der Waals surface area (Å²) in [6.45, 7) is 0. The second kappa shape index (κ2) is 2.81. The van der Waals surface area contributed by atoms with E-state index in [-0.39, 0.29) is 6.42 Å². The van der Waals surface area contributed by atoms with Crippen LogP contribution in [0.5, 0.6) is 0 Å². The van der Waals surface area contributed by atoms with Crippen LogP contribution in [-0.2, 0) is 9.59 Å². The van der Waals surface area contributed by atoms with Gasteiger partial charge >= 0.3 is 11.9 Å². The summed E-state index contributed by atoms with van der Waals surface area (Å²) in [4.78, 5) is 21.3. The topological polar surface area (TPSA) is 74.6 Å². The fraction of sp³-hybridized carbons (Fsp3) is 0.250. The van der Waals surface area contributed by atoms with Gasteiger partial charge in [0.25, 0.3) is 0 Å². The van der Waals surface area contributed by atoms with Crippen LogP contribution in [0.25, 0.3) is 0 Å². The van der Waals surface area contributed by atoms with Crippen molar-refractivity contribution >= 4 is 11.9 Å². The van der Waals surface area contributed by atoms with Gasteiger partial charge in [-0.25, -0.2) is 0 Å². The van der Waals surface area contributed by atoms with Crippen molar-refractivity contribution in [3.8, 4) is 0 Å². The molecule has 0 aromatic carbocycles. The molecule has 0 aromatic heterocycles. The molecular formula is C8H8O4. The Balaban J connectivity index is 3.04. The number of carbonyl (C=O) groups is 2. The Morgan fingerprint density at radius 3 is 2.00 bits per heavy atom. The van der Waals surface area contributed by atoms with Gasteiger partial charge in [0.2, 0.25) is 0 Å². The lowest BCUT2D eigenvalue weighted by molar-refractivity contribution is -0.160. The molecule has 0 atom stereocenters. The van der Waals surface area contributed by atoms with Crippen molar-refractivity contribution in [3.63, 3.8) is 0 Å². The number of allylic oxidation sites excluding steroid dienone is 3. The third kappa shape index (κ3) is 1.11.